The molecule has 0 spiro atoms. The van der Waals surface area contributed by atoms with E-state index in [4.69, 9.17) is 5.26 Å². The van der Waals surface area contributed by atoms with Gasteiger partial charge in [0.25, 0.3) is 5.91 Å². The Labute approximate surface area is 101 Å². The van der Waals surface area contributed by atoms with Gasteiger partial charge < -0.3 is 10.2 Å². The number of piperazine rings is 1. The zero-order valence-electron chi connectivity index (χ0n) is 9.86. The van der Waals surface area contributed by atoms with Crippen LogP contribution in [0.3, 0.4) is 0 Å². The Morgan fingerprint density at radius 2 is 2.12 bits per heavy atom. The van der Waals surface area contributed by atoms with E-state index < -0.39 is 0 Å². The molecular formula is C13H15N3O. The average molecular weight is 229 g/mol. The molecule has 1 heterocycles. The van der Waals surface area contributed by atoms with Gasteiger partial charge in [0.2, 0.25) is 0 Å². The summed E-state index contributed by atoms with van der Waals surface area (Å²) in [5.74, 6) is 0.0288. The van der Waals surface area contributed by atoms with E-state index in [0.29, 0.717) is 11.1 Å². The summed E-state index contributed by atoms with van der Waals surface area (Å²) >= 11 is 0. The van der Waals surface area contributed by atoms with Gasteiger partial charge in [0, 0.05) is 31.7 Å². The van der Waals surface area contributed by atoms with Crippen molar-refractivity contribution in [3.05, 3.63) is 34.9 Å². The summed E-state index contributed by atoms with van der Waals surface area (Å²) in [5, 5.41) is 12.1. The Morgan fingerprint density at radius 1 is 1.41 bits per heavy atom. The number of rotatable bonds is 1. The minimum Gasteiger partial charge on any atom is -0.336 e. The Balaban J connectivity index is 2.26. The second kappa shape index (κ2) is 4.98. The highest BCUT2D eigenvalue weighted by Crippen LogP contribution is 2.13. The SMILES string of the molecule is Cc1ccc(C#N)cc1C(=O)N1CCNCC1. The summed E-state index contributed by atoms with van der Waals surface area (Å²) in [7, 11) is 0. The highest BCUT2D eigenvalue weighted by atomic mass is 16.2. The minimum absolute atomic E-state index is 0.0288. The molecule has 1 amide bonds. The molecule has 0 atom stereocenters. The number of nitrogens with zero attached hydrogens (tertiary/aromatic N) is 2. The van der Waals surface area contributed by atoms with Crippen molar-refractivity contribution in [3.63, 3.8) is 0 Å². The molecule has 88 valence electrons. The Morgan fingerprint density at radius 3 is 2.76 bits per heavy atom. The van der Waals surface area contributed by atoms with E-state index in [1.807, 2.05) is 17.9 Å². The van der Waals surface area contributed by atoms with Gasteiger partial charge in [-0.1, -0.05) is 6.07 Å². The zero-order valence-corrected chi connectivity index (χ0v) is 9.86. The summed E-state index contributed by atoms with van der Waals surface area (Å²) in [4.78, 5) is 14.1. The molecule has 0 aliphatic carbocycles. The van der Waals surface area contributed by atoms with Crippen LogP contribution in [-0.2, 0) is 0 Å². The lowest BCUT2D eigenvalue weighted by Gasteiger charge is -2.28. The monoisotopic (exact) mass is 229 g/mol. The number of amides is 1. The number of aryl methyl sites for hydroxylation is 1. The predicted octanol–water partition coefficient (Wildman–Crippen LogP) is 0.912. The second-order valence-corrected chi connectivity index (χ2v) is 4.18. The molecule has 0 bridgehead atoms. The Bertz CT molecular complexity index is 470. The summed E-state index contributed by atoms with van der Waals surface area (Å²) in [6.07, 6.45) is 0. The number of nitrogens with one attached hydrogen (secondary N) is 1. The third-order valence-electron chi connectivity index (χ3n) is 3.00. The van der Waals surface area contributed by atoms with Crippen LogP contribution < -0.4 is 5.32 Å². The normalized spacial score (nSPS) is 15.4. The highest BCUT2D eigenvalue weighted by Gasteiger charge is 2.19. The molecule has 17 heavy (non-hydrogen) atoms. The van der Waals surface area contributed by atoms with Gasteiger partial charge in [-0.3, -0.25) is 4.79 Å². The number of hydrogen-bond donors (Lipinski definition) is 1. The summed E-state index contributed by atoms with van der Waals surface area (Å²) in [6.45, 7) is 5.03. The zero-order chi connectivity index (χ0) is 12.3. The lowest BCUT2D eigenvalue weighted by atomic mass is 10.0. The van der Waals surface area contributed by atoms with Crippen LogP contribution in [0.1, 0.15) is 21.5 Å². The van der Waals surface area contributed by atoms with Crippen molar-refractivity contribution in [2.24, 2.45) is 0 Å². The van der Waals surface area contributed by atoms with Crippen molar-refractivity contribution in [3.8, 4) is 6.07 Å². The maximum Gasteiger partial charge on any atom is 0.254 e. The molecule has 1 saturated heterocycles. The van der Waals surface area contributed by atoms with Crippen LogP contribution in [-0.4, -0.2) is 37.0 Å². The molecule has 0 radical (unpaired) electrons. The van der Waals surface area contributed by atoms with Crippen molar-refractivity contribution >= 4 is 5.91 Å². The van der Waals surface area contributed by atoms with Gasteiger partial charge in [-0.2, -0.15) is 5.26 Å². The van der Waals surface area contributed by atoms with E-state index in [0.717, 1.165) is 31.7 Å². The average Bonchev–Trinajstić information content (AvgIpc) is 2.39. The molecule has 1 N–H and O–H groups in total. The van der Waals surface area contributed by atoms with Gasteiger partial charge in [-0.05, 0) is 24.6 Å². The van der Waals surface area contributed by atoms with E-state index in [1.54, 1.807) is 12.1 Å². The van der Waals surface area contributed by atoms with Crippen LogP contribution in [0, 0.1) is 18.3 Å². The lowest BCUT2D eigenvalue weighted by Crippen LogP contribution is -2.46. The van der Waals surface area contributed by atoms with Crippen LogP contribution >= 0.6 is 0 Å². The molecule has 4 nitrogen and oxygen atoms in total. The predicted molar refractivity (Wildman–Crippen MR) is 64.7 cm³/mol. The molecular weight excluding hydrogens is 214 g/mol. The maximum atomic E-state index is 12.3. The second-order valence-electron chi connectivity index (χ2n) is 4.18. The largest absolute Gasteiger partial charge is 0.336 e. The van der Waals surface area contributed by atoms with E-state index >= 15 is 0 Å². The first kappa shape index (κ1) is 11.6. The van der Waals surface area contributed by atoms with Crippen molar-refractivity contribution in [2.75, 3.05) is 26.2 Å². The standard InChI is InChI=1S/C13H15N3O/c1-10-2-3-11(9-14)8-12(10)13(17)16-6-4-15-5-7-16/h2-3,8,15H,4-7H2,1H3. The van der Waals surface area contributed by atoms with Crippen LogP contribution in [0.25, 0.3) is 0 Å². The molecule has 1 fully saturated rings. The number of carbonyl (C=O) groups is 1. The number of benzene rings is 1. The van der Waals surface area contributed by atoms with E-state index in [1.165, 1.54) is 0 Å². The third-order valence-corrected chi connectivity index (χ3v) is 3.00. The van der Waals surface area contributed by atoms with Crippen molar-refractivity contribution in [1.82, 2.24) is 10.2 Å². The number of carbonyl (C=O) groups excluding carboxylic acids is 1. The van der Waals surface area contributed by atoms with Crippen molar-refractivity contribution in [2.45, 2.75) is 6.92 Å². The van der Waals surface area contributed by atoms with Gasteiger partial charge in [-0.15, -0.1) is 0 Å². The fourth-order valence-corrected chi connectivity index (χ4v) is 1.96. The molecule has 0 unspecified atom stereocenters. The van der Waals surface area contributed by atoms with Gasteiger partial charge in [0.05, 0.1) is 11.6 Å². The highest BCUT2D eigenvalue weighted by molar-refractivity contribution is 5.96. The third kappa shape index (κ3) is 2.45. The molecule has 4 heteroatoms. The maximum absolute atomic E-state index is 12.3. The molecule has 1 aromatic rings. The van der Waals surface area contributed by atoms with Crippen LogP contribution in [0.2, 0.25) is 0 Å². The van der Waals surface area contributed by atoms with E-state index in [-0.39, 0.29) is 5.91 Å². The van der Waals surface area contributed by atoms with E-state index in [9.17, 15) is 4.79 Å². The summed E-state index contributed by atoms with van der Waals surface area (Å²) in [5.41, 5.74) is 2.10. The van der Waals surface area contributed by atoms with Crippen LogP contribution in [0.5, 0.6) is 0 Å². The first-order valence-corrected chi connectivity index (χ1v) is 5.73. The van der Waals surface area contributed by atoms with Crippen molar-refractivity contribution in [1.29, 1.82) is 5.26 Å². The van der Waals surface area contributed by atoms with Gasteiger partial charge >= 0.3 is 0 Å². The molecule has 0 saturated carbocycles. The van der Waals surface area contributed by atoms with Gasteiger partial charge in [-0.25, -0.2) is 0 Å². The molecule has 1 aliphatic rings. The molecule has 2 rings (SSSR count). The quantitative estimate of drug-likeness (QED) is 0.778. The molecule has 0 aromatic heterocycles. The lowest BCUT2D eigenvalue weighted by molar-refractivity contribution is 0.0735. The first-order chi connectivity index (χ1) is 8.22. The summed E-state index contributed by atoms with van der Waals surface area (Å²) < 4.78 is 0. The number of nitriles is 1. The number of hydrogen-bond acceptors (Lipinski definition) is 3. The van der Waals surface area contributed by atoms with Crippen LogP contribution in [0.4, 0.5) is 0 Å². The smallest absolute Gasteiger partial charge is 0.254 e. The van der Waals surface area contributed by atoms with Crippen molar-refractivity contribution < 1.29 is 4.79 Å². The fourth-order valence-electron chi connectivity index (χ4n) is 1.96. The summed E-state index contributed by atoms with van der Waals surface area (Å²) in [6, 6.07) is 7.32. The Kier molecular flexibility index (Phi) is 3.40. The topological polar surface area (TPSA) is 56.1 Å². The Hall–Kier alpha value is -1.86. The fraction of sp³-hybridized carbons (Fsp3) is 0.385. The van der Waals surface area contributed by atoms with Crippen LogP contribution in [0.15, 0.2) is 18.2 Å². The first-order valence-electron chi connectivity index (χ1n) is 5.73. The molecule has 1 aromatic carbocycles. The van der Waals surface area contributed by atoms with Gasteiger partial charge in [0.15, 0.2) is 0 Å². The molecule has 1 aliphatic heterocycles. The van der Waals surface area contributed by atoms with E-state index in [2.05, 4.69) is 11.4 Å². The van der Waals surface area contributed by atoms with Gasteiger partial charge in [0.1, 0.15) is 0 Å². The minimum atomic E-state index is 0.0288.